The standard InChI is InChI=1S/C18H26O9/c1-5-18(12-25-9-6-15(19)22-2,13-26-10-7-16(20)23-3)14-27-11-8-17(21)24-4/h6-11H,5,12-14H2,1-4H3/b9-6+,10-7+,11-8+. The smallest absolute Gasteiger partial charge is 0.333 e. The molecule has 0 aromatic rings. The Hall–Kier alpha value is -2.97. The van der Waals surface area contributed by atoms with Gasteiger partial charge in [-0.1, -0.05) is 6.92 Å². The molecular weight excluding hydrogens is 360 g/mol. The molecule has 0 unspecified atom stereocenters. The highest BCUT2D eigenvalue weighted by Crippen LogP contribution is 2.24. The summed E-state index contributed by atoms with van der Waals surface area (Å²) in [6, 6.07) is 0. The van der Waals surface area contributed by atoms with Gasteiger partial charge in [0.05, 0.1) is 83.6 Å². The SMILES string of the molecule is CCC(CO/C=C/C(=O)OC)(CO/C=C/C(=O)OC)CO/C=C/C(=O)OC. The van der Waals surface area contributed by atoms with Crippen LogP contribution in [0.4, 0.5) is 0 Å². The minimum Gasteiger partial charge on any atom is -0.500 e. The lowest BCUT2D eigenvalue weighted by molar-refractivity contribution is -0.135. The largest absolute Gasteiger partial charge is 0.500 e. The van der Waals surface area contributed by atoms with E-state index in [4.69, 9.17) is 14.2 Å². The van der Waals surface area contributed by atoms with Gasteiger partial charge in [0.15, 0.2) is 0 Å². The molecule has 0 bridgehead atoms. The van der Waals surface area contributed by atoms with Gasteiger partial charge >= 0.3 is 17.9 Å². The Kier molecular flexibility index (Phi) is 12.7. The van der Waals surface area contributed by atoms with Crippen molar-refractivity contribution in [3.05, 3.63) is 37.0 Å². The van der Waals surface area contributed by atoms with Gasteiger partial charge < -0.3 is 28.4 Å². The fraction of sp³-hybridized carbons (Fsp3) is 0.500. The van der Waals surface area contributed by atoms with Crippen molar-refractivity contribution in [1.29, 1.82) is 0 Å². The Bertz CT molecular complexity index is 475. The summed E-state index contributed by atoms with van der Waals surface area (Å²) in [6.45, 7) is 2.34. The molecule has 0 N–H and O–H groups in total. The first kappa shape index (κ1) is 24.0. The zero-order valence-electron chi connectivity index (χ0n) is 16.0. The van der Waals surface area contributed by atoms with Gasteiger partial charge in [-0.2, -0.15) is 0 Å². The van der Waals surface area contributed by atoms with Gasteiger partial charge in [0.2, 0.25) is 0 Å². The zero-order valence-corrected chi connectivity index (χ0v) is 16.0. The van der Waals surface area contributed by atoms with E-state index < -0.39 is 23.3 Å². The number of carbonyl (C=O) groups is 3. The van der Waals surface area contributed by atoms with Gasteiger partial charge in [0.25, 0.3) is 0 Å². The first-order valence-corrected chi connectivity index (χ1v) is 8.01. The van der Waals surface area contributed by atoms with Gasteiger partial charge in [-0.15, -0.1) is 0 Å². The van der Waals surface area contributed by atoms with Crippen LogP contribution in [0.1, 0.15) is 13.3 Å². The lowest BCUT2D eigenvalue weighted by Crippen LogP contribution is -2.35. The van der Waals surface area contributed by atoms with E-state index in [1.807, 2.05) is 6.92 Å². The third kappa shape index (κ3) is 11.3. The minimum absolute atomic E-state index is 0.148. The van der Waals surface area contributed by atoms with Crippen molar-refractivity contribution in [2.45, 2.75) is 13.3 Å². The van der Waals surface area contributed by atoms with E-state index >= 15 is 0 Å². The van der Waals surface area contributed by atoms with Crippen molar-refractivity contribution in [2.75, 3.05) is 41.2 Å². The quantitative estimate of drug-likeness (QED) is 0.201. The van der Waals surface area contributed by atoms with Gasteiger partial charge in [0, 0.05) is 0 Å². The van der Waals surface area contributed by atoms with Crippen molar-refractivity contribution in [1.82, 2.24) is 0 Å². The fourth-order valence-electron chi connectivity index (χ4n) is 1.62. The first-order valence-electron chi connectivity index (χ1n) is 8.01. The number of hydrogen-bond acceptors (Lipinski definition) is 9. The average molecular weight is 386 g/mol. The molecule has 0 aromatic heterocycles. The minimum atomic E-state index is -0.624. The van der Waals surface area contributed by atoms with Crippen LogP contribution in [-0.4, -0.2) is 59.1 Å². The highest BCUT2D eigenvalue weighted by atomic mass is 16.5. The second kappa shape index (κ2) is 14.2. The van der Waals surface area contributed by atoms with Gasteiger partial charge in [-0.3, -0.25) is 0 Å². The Labute approximate surface area is 158 Å². The molecule has 0 aliphatic rings. The van der Waals surface area contributed by atoms with E-state index in [9.17, 15) is 14.4 Å². The van der Waals surface area contributed by atoms with Crippen molar-refractivity contribution in [3.8, 4) is 0 Å². The molecule has 0 aliphatic carbocycles. The number of rotatable bonds is 13. The van der Waals surface area contributed by atoms with E-state index in [2.05, 4.69) is 14.2 Å². The topological polar surface area (TPSA) is 107 Å². The summed E-state index contributed by atoms with van der Waals surface area (Å²) >= 11 is 0. The monoisotopic (exact) mass is 386 g/mol. The molecule has 0 aliphatic heterocycles. The van der Waals surface area contributed by atoms with E-state index in [-0.39, 0.29) is 19.8 Å². The third-order valence-electron chi connectivity index (χ3n) is 3.42. The van der Waals surface area contributed by atoms with E-state index in [0.717, 1.165) is 18.2 Å². The van der Waals surface area contributed by atoms with Crippen LogP contribution in [0.3, 0.4) is 0 Å². The van der Waals surface area contributed by atoms with Crippen molar-refractivity contribution < 1.29 is 42.8 Å². The van der Waals surface area contributed by atoms with Crippen molar-refractivity contribution >= 4 is 17.9 Å². The average Bonchev–Trinajstić information content (AvgIpc) is 2.70. The summed E-state index contributed by atoms with van der Waals surface area (Å²) in [6.07, 6.45) is 7.63. The lowest BCUT2D eigenvalue weighted by Gasteiger charge is -2.30. The Balaban J connectivity index is 4.89. The van der Waals surface area contributed by atoms with Crippen LogP contribution >= 0.6 is 0 Å². The maximum atomic E-state index is 11.1. The second-order valence-corrected chi connectivity index (χ2v) is 5.26. The number of esters is 3. The van der Waals surface area contributed by atoms with Gasteiger partial charge in [-0.25, -0.2) is 14.4 Å². The predicted molar refractivity (Wildman–Crippen MR) is 94.0 cm³/mol. The lowest BCUT2D eigenvalue weighted by atomic mass is 9.88. The third-order valence-corrected chi connectivity index (χ3v) is 3.42. The summed E-state index contributed by atoms with van der Waals surface area (Å²) in [5.41, 5.74) is -0.624. The van der Waals surface area contributed by atoms with E-state index in [1.54, 1.807) is 0 Å². The van der Waals surface area contributed by atoms with E-state index in [0.29, 0.717) is 6.42 Å². The number of methoxy groups -OCH3 is 3. The maximum Gasteiger partial charge on any atom is 0.333 e. The summed E-state index contributed by atoms with van der Waals surface area (Å²) in [5.74, 6) is -1.65. The molecule has 0 aromatic carbocycles. The summed E-state index contributed by atoms with van der Waals surface area (Å²) in [7, 11) is 3.77. The Morgan fingerprint density at radius 3 is 1.19 bits per heavy atom. The molecule has 0 fully saturated rings. The molecule has 0 saturated carbocycles. The molecule has 9 heteroatoms. The highest BCUT2D eigenvalue weighted by Gasteiger charge is 2.31. The van der Waals surface area contributed by atoms with Gasteiger partial charge in [0.1, 0.15) is 0 Å². The Morgan fingerprint density at radius 1 is 0.667 bits per heavy atom. The highest BCUT2D eigenvalue weighted by molar-refractivity contribution is 5.82. The zero-order chi connectivity index (χ0) is 20.5. The summed E-state index contributed by atoms with van der Waals surface area (Å²) < 4.78 is 29.6. The molecule has 0 amide bonds. The molecule has 0 spiro atoms. The van der Waals surface area contributed by atoms with Crippen LogP contribution in [0, 0.1) is 5.41 Å². The number of hydrogen-bond donors (Lipinski definition) is 0. The van der Waals surface area contributed by atoms with Gasteiger partial charge in [-0.05, 0) is 6.42 Å². The van der Waals surface area contributed by atoms with Crippen LogP contribution in [0.25, 0.3) is 0 Å². The van der Waals surface area contributed by atoms with Crippen LogP contribution in [0.2, 0.25) is 0 Å². The van der Waals surface area contributed by atoms with Crippen LogP contribution in [0.5, 0.6) is 0 Å². The van der Waals surface area contributed by atoms with Crippen molar-refractivity contribution in [3.63, 3.8) is 0 Å². The molecular formula is C18H26O9. The predicted octanol–water partition coefficient (Wildman–Crippen LogP) is 1.49. The van der Waals surface area contributed by atoms with Crippen LogP contribution in [-0.2, 0) is 42.8 Å². The Morgan fingerprint density at radius 2 is 0.963 bits per heavy atom. The summed E-state index contributed by atoms with van der Waals surface area (Å²) in [4.78, 5) is 33.2. The van der Waals surface area contributed by atoms with Crippen LogP contribution < -0.4 is 0 Å². The second-order valence-electron chi connectivity index (χ2n) is 5.26. The molecule has 27 heavy (non-hydrogen) atoms. The molecule has 0 radical (unpaired) electrons. The normalized spacial score (nSPS) is 11.6. The van der Waals surface area contributed by atoms with E-state index in [1.165, 1.54) is 40.1 Å². The molecule has 0 saturated heterocycles. The molecule has 0 atom stereocenters. The molecule has 9 nitrogen and oxygen atoms in total. The van der Waals surface area contributed by atoms with Crippen molar-refractivity contribution in [2.24, 2.45) is 5.41 Å². The summed E-state index contributed by atoms with van der Waals surface area (Å²) in [5, 5.41) is 0. The molecule has 0 heterocycles. The maximum absolute atomic E-state index is 11.1. The fourth-order valence-corrected chi connectivity index (χ4v) is 1.62. The molecule has 0 rings (SSSR count). The van der Waals surface area contributed by atoms with Crippen LogP contribution in [0.15, 0.2) is 37.0 Å². The number of carbonyl (C=O) groups excluding carboxylic acids is 3. The molecule has 152 valence electrons. The number of ether oxygens (including phenoxy) is 6. The first-order chi connectivity index (χ1) is 12.9.